The van der Waals surface area contributed by atoms with Gasteiger partial charge in [-0.1, -0.05) is 12.1 Å². The molecule has 0 spiro atoms. The van der Waals surface area contributed by atoms with Gasteiger partial charge in [0.05, 0.1) is 11.0 Å². The van der Waals surface area contributed by atoms with Crippen molar-refractivity contribution in [1.82, 2.24) is 9.71 Å². The first-order valence-corrected chi connectivity index (χ1v) is 9.17. The van der Waals surface area contributed by atoms with E-state index in [0.29, 0.717) is 24.7 Å². The minimum atomic E-state index is -3.53. The Kier molecular flexibility index (Phi) is 4.79. The Balaban J connectivity index is 1.67. The Morgan fingerprint density at radius 3 is 2.65 bits per heavy atom. The van der Waals surface area contributed by atoms with E-state index in [0.717, 1.165) is 24.8 Å². The predicted molar refractivity (Wildman–Crippen MR) is 85.5 cm³/mol. The number of nitrogens with zero attached hydrogens (tertiary/aromatic N) is 1. The monoisotopic (exact) mass is 336 g/mol. The second-order valence-electron chi connectivity index (χ2n) is 5.62. The van der Waals surface area contributed by atoms with Gasteiger partial charge in [-0.2, -0.15) is 0 Å². The van der Waals surface area contributed by atoms with Crippen molar-refractivity contribution in [3.05, 3.63) is 36.4 Å². The van der Waals surface area contributed by atoms with Crippen LogP contribution >= 0.6 is 0 Å². The molecule has 0 aliphatic carbocycles. The summed E-state index contributed by atoms with van der Waals surface area (Å²) in [4.78, 5) is 4.46. The number of hydrogen-bond acceptors (Lipinski definition) is 5. The summed E-state index contributed by atoms with van der Waals surface area (Å²) in [6, 6.07) is 6.60. The molecule has 2 heterocycles. The smallest absolute Gasteiger partial charge is 0.240 e. The van der Waals surface area contributed by atoms with Crippen molar-refractivity contribution in [3.8, 4) is 11.3 Å². The van der Waals surface area contributed by atoms with Crippen molar-refractivity contribution < 1.29 is 17.6 Å². The molecule has 1 aromatic carbocycles. The zero-order chi connectivity index (χ0) is 16.3. The van der Waals surface area contributed by atoms with E-state index in [1.54, 1.807) is 37.5 Å². The normalized spacial score (nSPS) is 18.9. The molecule has 0 unspecified atom stereocenters. The third-order valence-electron chi connectivity index (χ3n) is 3.85. The highest BCUT2D eigenvalue weighted by molar-refractivity contribution is 7.89. The Morgan fingerprint density at radius 1 is 1.26 bits per heavy atom. The van der Waals surface area contributed by atoms with Crippen molar-refractivity contribution in [2.75, 3.05) is 13.2 Å². The average Bonchev–Trinajstić information content (AvgIpc) is 3.01. The number of sulfonamides is 1. The van der Waals surface area contributed by atoms with E-state index in [4.69, 9.17) is 9.15 Å². The van der Waals surface area contributed by atoms with Crippen molar-refractivity contribution in [2.24, 2.45) is 0 Å². The van der Waals surface area contributed by atoms with Crippen molar-refractivity contribution in [3.63, 3.8) is 0 Å². The molecule has 1 saturated heterocycles. The molecule has 0 saturated carbocycles. The van der Waals surface area contributed by atoms with Gasteiger partial charge in [0.1, 0.15) is 12.0 Å². The molecule has 0 bridgehead atoms. The van der Waals surface area contributed by atoms with Gasteiger partial charge in [0.15, 0.2) is 5.89 Å². The molecule has 7 heteroatoms. The van der Waals surface area contributed by atoms with Gasteiger partial charge in [-0.05, 0) is 31.4 Å². The maximum Gasteiger partial charge on any atom is 0.240 e. The van der Waals surface area contributed by atoms with Gasteiger partial charge >= 0.3 is 0 Å². The molecule has 6 nitrogen and oxygen atoms in total. The molecule has 0 radical (unpaired) electrons. The Bertz CT molecular complexity index is 747. The second kappa shape index (κ2) is 6.82. The summed E-state index contributed by atoms with van der Waals surface area (Å²) < 4.78 is 38.0. The maximum atomic E-state index is 12.3. The van der Waals surface area contributed by atoms with Crippen LogP contribution in [0.1, 0.15) is 25.2 Å². The molecule has 23 heavy (non-hydrogen) atoms. The molecule has 124 valence electrons. The maximum absolute atomic E-state index is 12.3. The largest absolute Gasteiger partial charge is 0.449 e. The summed E-state index contributed by atoms with van der Waals surface area (Å²) in [5, 5.41) is 0. The predicted octanol–water partition coefficient (Wildman–Crippen LogP) is 2.50. The number of aryl methyl sites for hydroxylation is 1. The Morgan fingerprint density at radius 2 is 2.04 bits per heavy atom. The van der Waals surface area contributed by atoms with Crippen LogP contribution in [0.3, 0.4) is 0 Å². The van der Waals surface area contributed by atoms with E-state index >= 15 is 0 Å². The fourth-order valence-corrected chi connectivity index (χ4v) is 3.62. The number of hydrogen-bond donors (Lipinski definition) is 1. The topological polar surface area (TPSA) is 81.4 Å². The molecular weight excluding hydrogens is 316 g/mol. The first-order valence-electron chi connectivity index (χ1n) is 7.68. The van der Waals surface area contributed by atoms with Gasteiger partial charge in [-0.25, -0.2) is 18.1 Å². The molecule has 3 rings (SSSR count). The van der Waals surface area contributed by atoms with Crippen LogP contribution in [0.4, 0.5) is 0 Å². The van der Waals surface area contributed by atoms with Gasteiger partial charge in [0.2, 0.25) is 10.0 Å². The highest BCUT2D eigenvalue weighted by Crippen LogP contribution is 2.21. The van der Waals surface area contributed by atoms with Crippen molar-refractivity contribution >= 4 is 10.0 Å². The summed E-state index contributed by atoms with van der Waals surface area (Å²) in [6.07, 6.45) is 4.55. The molecule has 1 aliphatic heterocycles. The molecule has 0 amide bonds. The lowest BCUT2D eigenvalue weighted by atomic mass is 10.1. The number of benzene rings is 1. The van der Waals surface area contributed by atoms with Gasteiger partial charge in [-0.3, -0.25) is 0 Å². The SMILES string of the molecule is Cc1nc(-c2ccc(S(=O)(=O)NC[C@@H]3CCCCO3)cc2)co1. The lowest BCUT2D eigenvalue weighted by Gasteiger charge is -2.22. The van der Waals surface area contributed by atoms with E-state index in [9.17, 15) is 8.42 Å². The summed E-state index contributed by atoms with van der Waals surface area (Å²) in [5.41, 5.74) is 1.51. The van der Waals surface area contributed by atoms with Crippen LogP contribution in [0, 0.1) is 6.92 Å². The molecular formula is C16H20N2O4S. The van der Waals surface area contributed by atoms with Crippen LogP contribution in [0.25, 0.3) is 11.3 Å². The fourth-order valence-electron chi connectivity index (χ4n) is 2.56. The molecule has 1 aromatic heterocycles. The number of aromatic nitrogens is 1. The summed E-state index contributed by atoms with van der Waals surface area (Å²) in [5.74, 6) is 0.575. The zero-order valence-electron chi connectivity index (χ0n) is 13.0. The quantitative estimate of drug-likeness (QED) is 0.907. The molecule has 1 aliphatic rings. The average molecular weight is 336 g/mol. The van der Waals surface area contributed by atoms with E-state index in [1.165, 1.54) is 0 Å². The summed E-state index contributed by atoms with van der Waals surface area (Å²) >= 11 is 0. The van der Waals surface area contributed by atoms with Crippen LogP contribution in [-0.2, 0) is 14.8 Å². The van der Waals surface area contributed by atoms with Crippen molar-refractivity contribution in [1.29, 1.82) is 0 Å². The first kappa shape index (κ1) is 16.2. The number of nitrogens with one attached hydrogen (secondary N) is 1. The zero-order valence-corrected chi connectivity index (χ0v) is 13.8. The second-order valence-corrected chi connectivity index (χ2v) is 7.38. The van der Waals surface area contributed by atoms with Gasteiger partial charge in [0.25, 0.3) is 0 Å². The first-order chi connectivity index (χ1) is 11.0. The lowest BCUT2D eigenvalue weighted by molar-refractivity contribution is 0.0200. The number of oxazole rings is 1. The minimum absolute atomic E-state index is 0.0316. The molecule has 1 fully saturated rings. The summed E-state index contributed by atoms with van der Waals surface area (Å²) in [7, 11) is -3.53. The van der Waals surface area contributed by atoms with Crippen LogP contribution < -0.4 is 4.72 Å². The van der Waals surface area contributed by atoms with Crippen LogP contribution in [-0.4, -0.2) is 32.7 Å². The highest BCUT2D eigenvalue weighted by Gasteiger charge is 2.19. The van der Waals surface area contributed by atoms with E-state index in [1.807, 2.05) is 0 Å². The van der Waals surface area contributed by atoms with Gasteiger partial charge in [-0.15, -0.1) is 0 Å². The fraction of sp³-hybridized carbons (Fsp3) is 0.438. The van der Waals surface area contributed by atoms with E-state index < -0.39 is 10.0 Å². The van der Waals surface area contributed by atoms with E-state index in [-0.39, 0.29) is 11.0 Å². The lowest BCUT2D eigenvalue weighted by Crippen LogP contribution is -2.35. The molecule has 1 atom stereocenters. The Labute approximate surface area is 135 Å². The van der Waals surface area contributed by atoms with Gasteiger partial charge in [0, 0.05) is 25.6 Å². The third kappa shape index (κ3) is 3.99. The van der Waals surface area contributed by atoms with E-state index in [2.05, 4.69) is 9.71 Å². The van der Waals surface area contributed by atoms with Crippen molar-refractivity contribution in [2.45, 2.75) is 37.2 Å². The standard InChI is InChI=1S/C16H20N2O4S/c1-12-18-16(11-22-12)13-5-7-15(8-6-13)23(19,20)17-10-14-4-2-3-9-21-14/h5-8,11,14,17H,2-4,9-10H2,1H3/t14-/m0/s1. The van der Waals surface area contributed by atoms with Gasteiger partial charge < -0.3 is 9.15 Å². The number of rotatable bonds is 5. The highest BCUT2D eigenvalue weighted by atomic mass is 32.2. The minimum Gasteiger partial charge on any atom is -0.449 e. The van der Waals surface area contributed by atoms with Crippen LogP contribution in [0.5, 0.6) is 0 Å². The number of ether oxygens (including phenoxy) is 1. The Hall–Kier alpha value is -1.70. The van der Waals surface area contributed by atoms with Crippen LogP contribution in [0.15, 0.2) is 39.8 Å². The summed E-state index contributed by atoms with van der Waals surface area (Å²) in [6.45, 7) is 2.78. The molecule has 2 aromatic rings. The third-order valence-corrected chi connectivity index (χ3v) is 5.29. The van der Waals surface area contributed by atoms with Crippen LogP contribution in [0.2, 0.25) is 0 Å². The molecule has 1 N–H and O–H groups in total.